The number of carboxylic acid groups (broad SMARTS) is 1. The van der Waals surface area contributed by atoms with E-state index in [1.807, 2.05) is 20.2 Å². The molecule has 0 aliphatic carbocycles. The van der Waals surface area contributed by atoms with Gasteiger partial charge >= 0.3 is 5.97 Å². The van der Waals surface area contributed by atoms with Crippen LogP contribution < -0.4 is 11.1 Å². The van der Waals surface area contributed by atoms with Gasteiger partial charge in [-0.3, -0.25) is 14.5 Å². The number of hydrogen-bond donors (Lipinski definition) is 3. The van der Waals surface area contributed by atoms with Crippen LogP contribution in [-0.4, -0.2) is 124 Å². The van der Waals surface area contributed by atoms with Crippen molar-refractivity contribution in [3.63, 3.8) is 0 Å². The summed E-state index contributed by atoms with van der Waals surface area (Å²) >= 11 is 2.27. The van der Waals surface area contributed by atoms with Crippen LogP contribution in [0.1, 0.15) is 5.82 Å². The van der Waals surface area contributed by atoms with Gasteiger partial charge in [-0.25, -0.2) is 4.79 Å². The number of fused-ring (bicyclic) bond motifs is 1. The number of nitrogens with two attached hydrogens (primary N) is 1. The predicted octanol–water partition coefficient (Wildman–Crippen LogP) is -0.596. The Balaban J connectivity index is 1.72. The molecule has 2 aliphatic rings. The van der Waals surface area contributed by atoms with Gasteiger partial charge in [0.05, 0.1) is 27.2 Å². The maximum absolute atomic E-state index is 12.9. The molecule has 3 rings (SSSR count). The summed E-state index contributed by atoms with van der Waals surface area (Å²) in [4.78, 5) is 49.8. The molecule has 1 aromatic rings. The number of thioether (sulfide) groups is 1. The summed E-state index contributed by atoms with van der Waals surface area (Å²) in [6.45, 7) is 2.57. The Bertz CT molecular complexity index is 1110. The number of carbonyl (C=O) groups is 3. The van der Waals surface area contributed by atoms with Gasteiger partial charge in [-0.15, -0.1) is 11.8 Å². The highest BCUT2D eigenvalue weighted by Crippen LogP contribution is 2.40. The second-order valence-corrected chi connectivity index (χ2v) is 11.1. The molecule has 2 aliphatic heterocycles. The minimum absolute atomic E-state index is 0.0257. The zero-order chi connectivity index (χ0) is 26.6. The van der Waals surface area contributed by atoms with Gasteiger partial charge in [0.1, 0.15) is 24.2 Å². The van der Waals surface area contributed by atoms with Crippen LogP contribution in [0.3, 0.4) is 0 Å². The Kier molecular flexibility index (Phi) is 8.71. The van der Waals surface area contributed by atoms with Crippen molar-refractivity contribution >= 4 is 51.9 Å². The molecule has 36 heavy (non-hydrogen) atoms. The molecule has 0 radical (unpaired) electrons. The van der Waals surface area contributed by atoms with Crippen molar-refractivity contribution in [3.8, 4) is 0 Å². The molecule has 1 saturated heterocycles. The third kappa shape index (κ3) is 6.21. The van der Waals surface area contributed by atoms with E-state index >= 15 is 0 Å². The van der Waals surface area contributed by atoms with Crippen molar-refractivity contribution < 1.29 is 28.8 Å². The first-order valence-electron chi connectivity index (χ1n) is 11.0. The quantitative estimate of drug-likeness (QED) is 0.143. The number of carbonyl (C=O) groups excluding carboxylic acids is 2. The molecule has 1 fully saturated rings. The number of nitrogen functional groups attached to an aromatic ring is 1. The van der Waals surface area contributed by atoms with Gasteiger partial charge in [-0.1, -0.05) is 11.2 Å². The van der Waals surface area contributed by atoms with Gasteiger partial charge in [0.25, 0.3) is 11.8 Å². The molecule has 2 atom stereocenters. The topological polar surface area (TPSA) is 163 Å². The number of carboxylic acids is 1. The van der Waals surface area contributed by atoms with E-state index in [9.17, 15) is 19.5 Å². The highest BCUT2D eigenvalue weighted by molar-refractivity contribution is 8.00. The lowest BCUT2D eigenvalue weighted by Crippen LogP contribution is -2.71. The fourth-order valence-corrected chi connectivity index (χ4v) is 5.38. The standard InChI is InChI=1S/C21H30N8O5S2/c1-27(2)8-10-29(3,4)9-6-7-12-11-35-19-14(18(31)28(19)15(12)20(32)33)23-17(30)13(25-34-5)16-24-21(22)36-26-16/h6-7,14,19H,8-11H2,1-5H3,(H3-,22,23,24,26,30,32,33)/p+1/b7-6+,25-13-/t14-,19-/m1/s1. The number of nitrogens with one attached hydrogen (secondary N) is 1. The number of amides is 2. The molecular formula is C21H31N8O5S2+. The number of quaternary nitrogens is 1. The molecule has 2 amide bonds. The Hall–Kier alpha value is -3.01. The highest BCUT2D eigenvalue weighted by Gasteiger charge is 2.54. The van der Waals surface area contributed by atoms with Crippen LogP contribution in [0.15, 0.2) is 28.6 Å². The summed E-state index contributed by atoms with van der Waals surface area (Å²) in [5.41, 5.74) is 5.84. The molecule has 1 aromatic heterocycles. The lowest BCUT2D eigenvalue weighted by Gasteiger charge is -2.49. The average molecular weight is 540 g/mol. The van der Waals surface area contributed by atoms with Crippen LogP contribution in [0, 0.1) is 0 Å². The molecule has 13 nitrogen and oxygen atoms in total. The first-order chi connectivity index (χ1) is 16.9. The van der Waals surface area contributed by atoms with Gasteiger partial charge in [0.15, 0.2) is 5.13 Å². The SMILES string of the molecule is CO/N=C(\C(=O)N[C@@H]1C(=O)N2C(C(=O)O)=C(/C=C/C[N+](C)(C)CCN(C)C)CS[C@H]12)c1nsc(N)n1. The molecule has 0 saturated carbocycles. The van der Waals surface area contributed by atoms with Gasteiger partial charge in [0.2, 0.25) is 11.5 Å². The van der Waals surface area contributed by atoms with Crippen molar-refractivity contribution in [1.29, 1.82) is 0 Å². The summed E-state index contributed by atoms with van der Waals surface area (Å²) in [5, 5.41) is 15.7. The number of anilines is 1. The fourth-order valence-electron chi connectivity index (χ4n) is 3.63. The van der Waals surface area contributed by atoms with Crippen LogP contribution in [0.5, 0.6) is 0 Å². The van der Waals surface area contributed by atoms with Crippen LogP contribution in [-0.2, 0) is 19.2 Å². The Morgan fingerprint density at radius 3 is 2.72 bits per heavy atom. The number of aliphatic carboxylic acids is 1. The van der Waals surface area contributed by atoms with Crippen molar-refractivity contribution in [1.82, 2.24) is 24.5 Å². The summed E-state index contributed by atoms with van der Waals surface area (Å²) in [6.07, 6.45) is 3.72. The number of hydrogen-bond acceptors (Lipinski definition) is 11. The molecule has 0 aromatic carbocycles. The van der Waals surface area contributed by atoms with Crippen LogP contribution >= 0.6 is 23.3 Å². The average Bonchev–Trinajstić information content (AvgIpc) is 3.24. The monoisotopic (exact) mass is 539 g/mol. The van der Waals surface area contributed by atoms with Gasteiger partial charge in [-0.05, 0) is 25.7 Å². The van der Waals surface area contributed by atoms with E-state index in [1.165, 1.54) is 23.8 Å². The van der Waals surface area contributed by atoms with Gasteiger partial charge < -0.3 is 30.4 Å². The minimum atomic E-state index is -1.19. The second kappa shape index (κ2) is 11.4. The maximum atomic E-state index is 12.9. The zero-order valence-corrected chi connectivity index (χ0v) is 22.4. The van der Waals surface area contributed by atoms with Gasteiger partial charge in [0, 0.05) is 23.8 Å². The van der Waals surface area contributed by atoms with E-state index in [1.54, 1.807) is 6.08 Å². The van der Waals surface area contributed by atoms with Crippen LogP contribution in [0.4, 0.5) is 5.13 Å². The molecule has 4 N–H and O–H groups in total. The van der Waals surface area contributed by atoms with E-state index in [2.05, 4.69) is 38.8 Å². The number of β-lactam (4-membered cyclic amide) rings is 1. The lowest BCUT2D eigenvalue weighted by atomic mass is 10.0. The number of allylic oxidation sites excluding steroid dienone is 1. The maximum Gasteiger partial charge on any atom is 0.352 e. The van der Waals surface area contributed by atoms with Gasteiger partial charge in [-0.2, -0.15) is 9.36 Å². The smallest absolute Gasteiger partial charge is 0.352 e. The summed E-state index contributed by atoms with van der Waals surface area (Å²) in [7, 11) is 9.51. The van der Waals surface area contributed by atoms with E-state index in [0.29, 0.717) is 17.9 Å². The van der Waals surface area contributed by atoms with Crippen molar-refractivity contribution in [3.05, 3.63) is 29.2 Å². The van der Waals surface area contributed by atoms with Crippen LogP contribution in [0.2, 0.25) is 0 Å². The lowest BCUT2D eigenvalue weighted by molar-refractivity contribution is -0.883. The third-order valence-corrected chi connectivity index (χ3v) is 7.45. The Morgan fingerprint density at radius 2 is 2.14 bits per heavy atom. The van der Waals surface area contributed by atoms with E-state index in [0.717, 1.165) is 29.1 Å². The summed E-state index contributed by atoms with van der Waals surface area (Å²) in [6, 6.07) is -0.929. The van der Waals surface area contributed by atoms with E-state index in [-0.39, 0.29) is 22.4 Å². The number of oxime groups is 1. The summed E-state index contributed by atoms with van der Waals surface area (Å²) in [5.74, 6) is -2.08. The van der Waals surface area contributed by atoms with E-state index < -0.39 is 29.2 Å². The fraction of sp³-hybridized carbons (Fsp3) is 0.524. The van der Waals surface area contributed by atoms with Crippen LogP contribution in [0.25, 0.3) is 0 Å². The number of rotatable bonds is 11. The number of aromatic nitrogens is 2. The van der Waals surface area contributed by atoms with Crippen molar-refractivity contribution in [2.24, 2.45) is 5.16 Å². The number of likely N-dealkylation sites (N-methyl/N-ethyl adjacent to an activating group) is 2. The number of nitrogens with zero attached hydrogens (tertiary/aromatic N) is 6. The zero-order valence-electron chi connectivity index (χ0n) is 20.8. The molecule has 0 unspecified atom stereocenters. The first kappa shape index (κ1) is 27.6. The highest BCUT2D eigenvalue weighted by atomic mass is 32.2. The molecule has 0 spiro atoms. The largest absolute Gasteiger partial charge is 0.477 e. The molecular weight excluding hydrogens is 508 g/mol. The predicted molar refractivity (Wildman–Crippen MR) is 137 cm³/mol. The minimum Gasteiger partial charge on any atom is -0.477 e. The van der Waals surface area contributed by atoms with Crippen molar-refractivity contribution in [2.45, 2.75) is 11.4 Å². The van der Waals surface area contributed by atoms with Crippen molar-refractivity contribution in [2.75, 3.05) is 66.4 Å². The normalized spacial score (nSPS) is 20.6. The summed E-state index contributed by atoms with van der Waals surface area (Å²) < 4.78 is 4.69. The third-order valence-electron chi connectivity index (χ3n) is 5.61. The Morgan fingerprint density at radius 1 is 1.42 bits per heavy atom. The second-order valence-electron chi connectivity index (χ2n) is 9.17. The molecule has 0 bridgehead atoms. The first-order valence-corrected chi connectivity index (χ1v) is 12.8. The van der Waals surface area contributed by atoms with E-state index in [4.69, 9.17) is 10.6 Å². The Labute approximate surface area is 217 Å². The molecule has 15 heteroatoms. The molecule has 3 heterocycles. The molecule has 196 valence electrons.